The first-order valence-electron chi connectivity index (χ1n) is 2.75. The number of halogens is 1. The molecule has 12 heavy (non-hydrogen) atoms. The summed E-state index contributed by atoms with van der Waals surface area (Å²) in [7, 11) is 0. The molecule has 64 valence electrons. The summed E-state index contributed by atoms with van der Waals surface area (Å²) in [5.41, 5.74) is 0. The first kappa shape index (κ1) is 8.95. The van der Waals surface area contributed by atoms with Crippen LogP contribution in [0.5, 0.6) is 0 Å². The van der Waals surface area contributed by atoms with Gasteiger partial charge in [-0.2, -0.15) is 0 Å². The number of nitrogens with zero attached hydrogens (tertiary/aromatic N) is 1. The summed E-state index contributed by atoms with van der Waals surface area (Å²) in [6.07, 6.45) is -0.0106. The molecule has 0 bridgehead atoms. The van der Waals surface area contributed by atoms with E-state index in [9.17, 15) is 9.59 Å². The standard InChI is InChI=1S/C5H3ClN2O3S/c6-3(9)2-1-7-4(12-2)8-5(10)11/h1H,(H,7,8)(H,10,11). The van der Waals surface area contributed by atoms with Crippen LogP contribution in [0.4, 0.5) is 9.93 Å². The zero-order valence-electron chi connectivity index (χ0n) is 5.57. The Bertz CT molecular complexity index is 324. The summed E-state index contributed by atoms with van der Waals surface area (Å²) in [6, 6.07) is 0. The molecule has 0 radical (unpaired) electrons. The Kier molecular flexibility index (Phi) is 2.61. The second-order valence-corrected chi connectivity index (χ2v) is 3.11. The van der Waals surface area contributed by atoms with Gasteiger partial charge in [0.05, 0.1) is 6.20 Å². The molecule has 1 aromatic rings. The fourth-order valence-corrected chi connectivity index (χ4v) is 1.32. The molecule has 0 aliphatic heterocycles. The van der Waals surface area contributed by atoms with Crippen LogP contribution in [0.15, 0.2) is 6.20 Å². The molecular formula is C5H3ClN2O3S. The van der Waals surface area contributed by atoms with Gasteiger partial charge in [-0.15, -0.1) is 0 Å². The molecule has 0 atom stereocenters. The fraction of sp³-hybridized carbons (Fsp3) is 0. The van der Waals surface area contributed by atoms with Crippen LogP contribution in [0.3, 0.4) is 0 Å². The van der Waals surface area contributed by atoms with Crippen molar-refractivity contribution in [2.24, 2.45) is 0 Å². The molecule has 5 nitrogen and oxygen atoms in total. The van der Waals surface area contributed by atoms with E-state index >= 15 is 0 Å². The molecule has 1 amide bonds. The molecular weight excluding hydrogens is 204 g/mol. The Hall–Kier alpha value is -1.14. The molecule has 1 heterocycles. The van der Waals surface area contributed by atoms with E-state index in [0.29, 0.717) is 0 Å². The largest absolute Gasteiger partial charge is 0.465 e. The number of carbonyl (C=O) groups excluding carboxylic acids is 1. The number of carbonyl (C=O) groups is 2. The van der Waals surface area contributed by atoms with E-state index in [1.165, 1.54) is 6.20 Å². The van der Waals surface area contributed by atoms with Gasteiger partial charge in [0.15, 0.2) is 5.13 Å². The molecule has 0 aliphatic carbocycles. The molecule has 0 fully saturated rings. The van der Waals surface area contributed by atoms with Gasteiger partial charge in [-0.1, -0.05) is 11.3 Å². The highest BCUT2D eigenvalue weighted by molar-refractivity contribution is 7.19. The summed E-state index contributed by atoms with van der Waals surface area (Å²) in [6.45, 7) is 0. The number of nitrogens with one attached hydrogen (secondary N) is 1. The van der Waals surface area contributed by atoms with Crippen LogP contribution in [-0.2, 0) is 0 Å². The smallest absolute Gasteiger partial charge is 0.410 e. The number of amides is 1. The van der Waals surface area contributed by atoms with Gasteiger partial charge in [-0.05, 0) is 11.6 Å². The maximum Gasteiger partial charge on any atom is 0.410 e. The number of rotatable bonds is 2. The van der Waals surface area contributed by atoms with Crippen molar-refractivity contribution in [1.82, 2.24) is 4.98 Å². The van der Waals surface area contributed by atoms with Crippen LogP contribution in [0, 0.1) is 0 Å². The lowest BCUT2D eigenvalue weighted by Crippen LogP contribution is -2.06. The summed E-state index contributed by atoms with van der Waals surface area (Å²) in [5, 5.41) is 9.73. The van der Waals surface area contributed by atoms with E-state index in [4.69, 9.17) is 16.7 Å². The normalized spacial score (nSPS) is 9.42. The van der Waals surface area contributed by atoms with Gasteiger partial charge in [0.2, 0.25) is 0 Å². The van der Waals surface area contributed by atoms with Crippen molar-refractivity contribution in [3.8, 4) is 0 Å². The monoisotopic (exact) mass is 206 g/mol. The van der Waals surface area contributed by atoms with Gasteiger partial charge < -0.3 is 5.11 Å². The van der Waals surface area contributed by atoms with E-state index in [2.05, 4.69) is 4.98 Å². The lowest BCUT2D eigenvalue weighted by atomic mass is 10.6. The summed E-state index contributed by atoms with van der Waals surface area (Å²) in [5.74, 6) is 0. The van der Waals surface area contributed by atoms with Gasteiger partial charge in [0.1, 0.15) is 4.88 Å². The number of thiazole rings is 1. The van der Waals surface area contributed by atoms with Crippen LogP contribution in [-0.4, -0.2) is 21.4 Å². The van der Waals surface area contributed by atoms with Gasteiger partial charge in [0, 0.05) is 0 Å². The summed E-state index contributed by atoms with van der Waals surface area (Å²) >= 11 is 5.99. The Labute approximate surface area is 76.0 Å². The van der Waals surface area contributed by atoms with Crippen molar-refractivity contribution in [1.29, 1.82) is 0 Å². The molecule has 1 aromatic heterocycles. The first-order valence-corrected chi connectivity index (χ1v) is 3.94. The SMILES string of the molecule is O=C(O)Nc1ncc(C(=O)Cl)s1. The molecule has 2 N–H and O–H groups in total. The molecule has 0 aliphatic rings. The third-order valence-corrected chi connectivity index (χ3v) is 2.14. The van der Waals surface area contributed by atoms with Crippen molar-refractivity contribution in [2.45, 2.75) is 0 Å². The third-order valence-electron chi connectivity index (χ3n) is 0.913. The van der Waals surface area contributed by atoms with Crippen LogP contribution >= 0.6 is 22.9 Å². The number of anilines is 1. The molecule has 0 saturated heterocycles. The number of aromatic nitrogens is 1. The van der Waals surface area contributed by atoms with Crippen LogP contribution < -0.4 is 5.32 Å². The van der Waals surface area contributed by atoms with Crippen molar-refractivity contribution in [3.63, 3.8) is 0 Å². The van der Waals surface area contributed by atoms with Crippen LogP contribution in [0.25, 0.3) is 0 Å². The van der Waals surface area contributed by atoms with E-state index in [-0.39, 0.29) is 10.0 Å². The highest BCUT2D eigenvalue weighted by atomic mass is 35.5. The second-order valence-electron chi connectivity index (χ2n) is 1.73. The van der Waals surface area contributed by atoms with E-state index in [1.807, 2.05) is 5.32 Å². The molecule has 0 aromatic carbocycles. The Morgan fingerprint density at radius 3 is 2.75 bits per heavy atom. The minimum Gasteiger partial charge on any atom is -0.465 e. The minimum atomic E-state index is -1.22. The predicted molar refractivity (Wildman–Crippen MR) is 43.9 cm³/mol. The Morgan fingerprint density at radius 2 is 2.33 bits per heavy atom. The maximum absolute atomic E-state index is 10.5. The van der Waals surface area contributed by atoms with E-state index in [1.54, 1.807) is 0 Å². The van der Waals surface area contributed by atoms with E-state index < -0.39 is 11.3 Å². The predicted octanol–water partition coefficient (Wildman–Crippen LogP) is 1.61. The molecule has 1 rings (SSSR count). The van der Waals surface area contributed by atoms with E-state index in [0.717, 1.165) is 11.3 Å². The molecule has 0 spiro atoms. The van der Waals surface area contributed by atoms with Gasteiger partial charge in [-0.3, -0.25) is 10.1 Å². The van der Waals surface area contributed by atoms with Gasteiger partial charge in [0.25, 0.3) is 5.24 Å². The zero-order chi connectivity index (χ0) is 9.14. The van der Waals surface area contributed by atoms with Gasteiger partial charge in [-0.25, -0.2) is 9.78 Å². The maximum atomic E-state index is 10.5. The van der Waals surface area contributed by atoms with Crippen LogP contribution in [0.2, 0.25) is 0 Å². The number of hydrogen-bond donors (Lipinski definition) is 2. The van der Waals surface area contributed by atoms with Gasteiger partial charge >= 0.3 is 6.09 Å². The third kappa shape index (κ3) is 2.18. The highest BCUT2D eigenvalue weighted by Crippen LogP contribution is 2.19. The lowest BCUT2D eigenvalue weighted by Gasteiger charge is -1.89. The Balaban J connectivity index is 2.77. The highest BCUT2D eigenvalue weighted by Gasteiger charge is 2.08. The fourth-order valence-electron chi connectivity index (χ4n) is 0.514. The first-order chi connectivity index (χ1) is 5.59. The second kappa shape index (κ2) is 3.51. The topological polar surface area (TPSA) is 79.3 Å². The lowest BCUT2D eigenvalue weighted by molar-refractivity contribution is 0.108. The van der Waals surface area contributed by atoms with Crippen molar-refractivity contribution >= 4 is 39.4 Å². The van der Waals surface area contributed by atoms with Crippen molar-refractivity contribution in [2.75, 3.05) is 5.32 Å². The zero-order valence-corrected chi connectivity index (χ0v) is 7.15. The van der Waals surface area contributed by atoms with Crippen molar-refractivity contribution < 1.29 is 14.7 Å². The number of hydrogen-bond acceptors (Lipinski definition) is 4. The average Bonchev–Trinajstić information content (AvgIpc) is 2.34. The quantitative estimate of drug-likeness (QED) is 0.721. The molecule has 0 saturated carbocycles. The van der Waals surface area contributed by atoms with Crippen LogP contribution in [0.1, 0.15) is 9.67 Å². The molecule has 0 unspecified atom stereocenters. The average molecular weight is 207 g/mol. The molecule has 7 heteroatoms. The minimum absolute atomic E-state index is 0.131. The number of carboxylic acid groups (broad SMARTS) is 1. The Morgan fingerprint density at radius 1 is 1.67 bits per heavy atom. The van der Waals surface area contributed by atoms with Crippen molar-refractivity contribution in [3.05, 3.63) is 11.1 Å². The summed E-state index contributed by atoms with van der Waals surface area (Å²) < 4.78 is 0. The summed E-state index contributed by atoms with van der Waals surface area (Å²) in [4.78, 5) is 24.4.